The van der Waals surface area contributed by atoms with Gasteiger partial charge in [0.05, 0.1) is 16.4 Å². The lowest BCUT2D eigenvalue weighted by Gasteiger charge is -2.17. The third-order valence-electron chi connectivity index (χ3n) is 3.11. The molecule has 0 bridgehead atoms. The van der Waals surface area contributed by atoms with Crippen LogP contribution >= 0.6 is 11.8 Å². The summed E-state index contributed by atoms with van der Waals surface area (Å²) in [5, 5.41) is 42.3. The molecule has 10 heteroatoms. The summed E-state index contributed by atoms with van der Waals surface area (Å²) in [5.74, 6) is -0.0679. The maximum atomic E-state index is 11.2. The van der Waals surface area contributed by atoms with Gasteiger partial charge in [0, 0.05) is 6.20 Å². The molecule has 0 spiro atoms. The predicted molar refractivity (Wildman–Crippen MR) is 74.1 cm³/mol. The number of aromatic nitrogens is 1. The van der Waals surface area contributed by atoms with Gasteiger partial charge >= 0.3 is 5.69 Å². The minimum Gasteiger partial charge on any atom is -0.394 e. The van der Waals surface area contributed by atoms with Gasteiger partial charge in [0.2, 0.25) is 5.82 Å². The Bertz CT molecular complexity index is 531. The molecule has 1 fully saturated rings. The SMILES string of the molecule is CSc1ccnc(N[C@@H]2O[C@H](CO)[C@@H](O)[C@H]2O)c1[N+](=O)[O-]. The molecule has 1 aliphatic heterocycles. The largest absolute Gasteiger partial charge is 0.394 e. The van der Waals surface area contributed by atoms with E-state index in [2.05, 4.69) is 10.3 Å². The van der Waals surface area contributed by atoms with Gasteiger partial charge in [-0.05, 0) is 12.3 Å². The Kier molecular flexibility index (Phi) is 4.96. The van der Waals surface area contributed by atoms with Gasteiger partial charge in [0.15, 0.2) is 6.23 Å². The summed E-state index contributed by atoms with van der Waals surface area (Å²) in [4.78, 5) is 14.9. The minimum absolute atomic E-state index is 0.0679. The topological polar surface area (TPSA) is 138 Å². The number of nitrogens with zero attached hydrogens (tertiary/aromatic N) is 2. The third kappa shape index (κ3) is 3.09. The van der Waals surface area contributed by atoms with Crippen LogP contribution in [0, 0.1) is 10.1 Å². The number of thioether (sulfide) groups is 1. The molecule has 0 aromatic carbocycles. The van der Waals surface area contributed by atoms with Crippen molar-refractivity contribution in [2.75, 3.05) is 18.2 Å². The first-order chi connectivity index (χ1) is 9.99. The first-order valence-electron chi connectivity index (χ1n) is 6.06. The smallest absolute Gasteiger partial charge is 0.324 e. The Balaban J connectivity index is 2.26. The van der Waals surface area contributed by atoms with Crippen molar-refractivity contribution in [1.82, 2.24) is 4.98 Å². The van der Waals surface area contributed by atoms with Crippen LogP contribution in [-0.2, 0) is 4.74 Å². The van der Waals surface area contributed by atoms with Crippen LogP contribution in [0.5, 0.6) is 0 Å². The Morgan fingerprint density at radius 1 is 1.52 bits per heavy atom. The van der Waals surface area contributed by atoms with Gasteiger partial charge in [-0.1, -0.05) is 0 Å². The molecule has 1 aromatic rings. The van der Waals surface area contributed by atoms with E-state index in [9.17, 15) is 20.3 Å². The summed E-state index contributed by atoms with van der Waals surface area (Å²) < 4.78 is 5.22. The van der Waals surface area contributed by atoms with Crippen LogP contribution in [-0.4, -0.2) is 62.6 Å². The fourth-order valence-corrected chi connectivity index (χ4v) is 2.60. The molecular weight excluding hydrogens is 302 g/mol. The highest BCUT2D eigenvalue weighted by atomic mass is 32.2. The van der Waals surface area contributed by atoms with Gasteiger partial charge in [-0.15, -0.1) is 11.8 Å². The first-order valence-corrected chi connectivity index (χ1v) is 7.28. The number of pyridine rings is 1. The van der Waals surface area contributed by atoms with Gasteiger partial charge < -0.3 is 25.4 Å². The van der Waals surface area contributed by atoms with Crippen molar-refractivity contribution in [3.05, 3.63) is 22.4 Å². The number of nitrogens with one attached hydrogen (secondary N) is 1. The number of anilines is 1. The van der Waals surface area contributed by atoms with Crippen LogP contribution in [0.15, 0.2) is 17.2 Å². The number of hydrogen-bond acceptors (Lipinski definition) is 9. The number of hydrogen-bond donors (Lipinski definition) is 4. The lowest BCUT2D eigenvalue weighted by Crippen LogP contribution is -2.36. The highest BCUT2D eigenvalue weighted by Gasteiger charge is 2.43. The van der Waals surface area contributed by atoms with Crippen molar-refractivity contribution >= 4 is 23.3 Å². The zero-order chi connectivity index (χ0) is 15.6. The van der Waals surface area contributed by atoms with Crippen LogP contribution in [0.2, 0.25) is 0 Å². The fraction of sp³-hybridized carbons (Fsp3) is 0.545. The van der Waals surface area contributed by atoms with Crippen molar-refractivity contribution in [3.63, 3.8) is 0 Å². The molecule has 21 heavy (non-hydrogen) atoms. The number of aliphatic hydroxyl groups excluding tert-OH is 3. The molecule has 4 atom stereocenters. The second kappa shape index (κ2) is 6.54. The Morgan fingerprint density at radius 3 is 2.76 bits per heavy atom. The molecule has 0 saturated carbocycles. The van der Waals surface area contributed by atoms with Gasteiger partial charge in [0.25, 0.3) is 0 Å². The van der Waals surface area contributed by atoms with Gasteiger partial charge in [0.1, 0.15) is 18.3 Å². The molecule has 116 valence electrons. The number of ether oxygens (including phenoxy) is 1. The molecule has 2 heterocycles. The van der Waals surface area contributed by atoms with E-state index in [4.69, 9.17) is 9.84 Å². The lowest BCUT2D eigenvalue weighted by molar-refractivity contribution is -0.387. The molecule has 9 nitrogen and oxygen atoms in total. The molecule has 2 rings (SSSR count). The normalized spacial score (nSPS) is 28.6. The molecule has 4 N–H and O–H groups in total. The van der Waals surface area contributed by atoms with Crippen LogP contribution in [0.1, 0.15) is 0 Å². The maximum Gasteiger partial charge on any atom is 0.324 e. The summed E-state index contributed by atoms with van der Waals surface area (Å²) in [6.07, 6.45) is -1.58. The Morgan fingerprint density at radius 2 is 2.24 bits per heavy atom. The molecule has 1 aliphatic rings. The van der Waals surface area contributed by atoms with E-state index in [0.29, 0.717) is 4.90 Å². The summed E-state index contributed by atoms with van der Waals surface area (Å²) >= 11 is 1.19. The monoisotopic (exact) mass is 317 g/mol. The number of nitro groups is 1. The van der Waals surface area contributed by atoms with Crippen molar-refractivity contribution in [2.24, 2.45) is 0 Å². The average Bonchev–Trinajstić information content (AvgIpc) is 2.74. The van der Waals surface area contributed by atoms with Gasteiger partial charge in [-0.3, -0.25) is 10.1 Å². The van der Waals surface area contributed by atoms with E-state index in [1.165, 1.54) is 24.0 Å². The summed E-state index contributed by atoms with van der Waals surface area (Å²) in [6, 6.07) is 1.51. The zero-order valence-electron chi connectivity index (χ0n) is 11.0. The number of aliphatic hydroxyl groups is 3. The third-order valence-corrected chi connectivity index (χ3v) is 3.88. The molecule has 0 amide bonds. The van der Waals surface area contributed by atoms with E-state index >= 15 is 0 Å². The Labute approximate surface area is 124 Å². The van der Waals surface area contributed by atoms with Crippen LogP contribution in [0.4, 0.5) is 11.5 Å². The van der Waals surface area contributed by atoms with E-state index in [-0.39, 0.29) is 11.5 Å². The molecular formula is C11H15N3O6S. The van der Waals surface area contributed by atoms with Crippen molar-refractivity contribution < 1.29 is 25.0 Å². The predicted octanol–water partition coefficient (Wildman–Crippen LogP) is -0.437. The van der Waals surface area contributed by atoms with E-state index in [1.54, 1.807) is 6.26 Å². The maximum absolute atomic E-state index is 11.2. The van der Waals surface area contributed by atoms with E-state index in [1.807, 2.05) is 0 Å². The van der Waals surface area contributed by atoms with E-state index in [0.717, 1.165) is 0 Å². The second-order valence-electron chi connectivity index (χ2n) is 4.37. The summed E-state index contributed by atoms with van der Waals surface area (Å²) in [6.45, 7) is -0.475. The van der Waals surface area contributed by atoms with Crippen LogP contribution < -0.4 is 5.32 Å². The van der Waals surface area contributed by atoms with Crippen molar-refractivity contribution in [1.29, 1.82) is 0 Å². The molecule has 1 saturated heterocycles. The standard InChI is InChI=1S/C11H15N3O6S/c1-21-6-2-3-12-10(7(6)14(18)19)13-11-9(17)8(16)5(4-15)20-11/h2-3,5,8-9,11,15-17H,4H2,1H3,(H,12,13)/t5-,8-,9-,11-/m1/s1. The van der Waals surface area contributed by atoms with E-state index < -0.39 is 36.1 Å². The quantitative estimate of drug-likeness (QED) is 0.323. The van der Waals surface area contributed by atoms with Crippen LogP contribution in [0.3, 0.4) is 0 Å². The summed E-state index contributed by atoms with van der Waals surface area (Å²) in [7, 11) is 0. The molecule has 1 aromatic heterocycles. The molecule has 0 aliphatic carbocycles. The first kappa shape index (κ1) is 15.9. The van der Waals surface area contributed by atoms with Crippen LogP contribution in [0.25, 0.3) is 0 Å². The highest BCUT2D eigenvalue weighted by Crippen LogP contribution is 2.34. The Hall–Kier alpha value is -1.46. The molecule has 0 unspecified atom stereocenters. The van der Waals surface area contributed by atoms with Gasteiger partial charge in [-0.2, -0.15) is 0 Å². The number of rotatable bonds is 5. The lowest BCUT2D eigenvalue weighted by atomic mass is 10.1. The molecule has 0 radical (unpaired) electrons. The second-order valence-corrected chi connectivity index (χ2v) is 5.22. The fourth-order valence-electron chi connectivity index (χ4n) is 2.04. The van der Waals surface area contributed by atoms with Crippen molar-refractivity contribution in [2.45, 2.75) is 29.4 Å². The zero-order valence-corrected chi connectivity index (χ0v) is 11.9. The van der Waals surface area contributed by atoms with Crippen molar-refractivity contribution in [3.8, 4) is 0 Å². The average molecular weight is 317 g/mol. The van der Waals surface area contributed by atoms with Gasteiger partial charge in [-0.25, -0.2) is 4.98 Å². The minimum atomic E-state index is -1.33. The highest BCUT2D eigenvalue weighted by molar-refractivity contribution is 7.98. The summed E-state index contributed by atoms with van der Waals surface area (Å²) in [5.41, 5.74) is -0.234.